The summed E-state index contributed by atoms with van der Waals surface area (Å²) in [6.07, 6.45) is 2.54. The summed E-state index contributed by atoms with van der Waals surface area (Å²) in [5.41, 5.74) is 3.31. The Labute approximate surface area is 129 Å². The number of nitrogens with zero attached hydrogens (tertiary/aromatic N) is 1. The number of pyridine rings is 1. The van der Waals surface area contributed by atoms with Gasteiger partial charge < -0.3 is 0 Å². The summed E-state index contributed by atoms with van der Waals surface area (Å²) in [5.74, 6) is 0. The fraction of sp³-hybridized carbons (Fsp3) is 0.214. The van der Waals surface area contributed by atoms with E-state index < -0.39 is 0 Å². The zero-order valence-corrected chi connectivity index (χ0v) is 13.8. The highest BCUT2D eigenvalue weighted by molar-refractivity contribution is 9.11. The summed E-state index contributed by atoms with van der Waals surface area (Å²) in [5, 5.41) is -0.0823. The molecule has 0 saturated heterocycles. The number of rotatable bonds is 3. The topological polar surface area (TPSA) is 12.9 Å². The average molecular weight is 390 g/mol. The first kappa shape index (κ1) is 14.0. The monoisotopic (exact) mass is 387 g/mol. The first-order chi connectivity index (χ1) is 8.58. The van der Waals surface area contributed by atoms with Gasteiger partial charge in [0, 0.05) is 27.3 Å². The van der Waals surface area contributed by atoms with Crippen molar-refractivity contribution < 1.29 is 0 Å². The van der Waals surface area contributed by atoms with Crippen LogP contribution in [0.5, 0.6) is 0 Å². The van der Waals surface area contributed by atoms with Crippen molar-refractivity contribution in [2.24, 2.45) is 0 Å². The fourth-order valence-electron chi connectivity index (χ4n) is 1.77. The predicted molar refractivity (Wildman–Crippen MR) is 83.1 cm³/mol. The highest BCUT2D eigenvalue weighted by Gasteiger charge is 2.14. The van der Waals surface area contributed by atoms with E-state index in [1.54, 1.807) is 0 Å². The first-order valence-electron chi connectivity index (χ1n) is 5.57. The number of aromatic nitrogens is 1. The van der Waals surface area contributed by atoms with Crippen molar-refractivity contribution in [2.75, 3.05) is 0 Å². The van der Waals surface area contributed by atoms with Gasteiger partial charge in [-0.3, -0.25) is 4.98 Å². The third-order valence-electron chi connectivity index (χ3n) is 2.79. The van der Waals surface area contributed by atoms with Crippen molar-refractivity contribution in [3.8, 4) is 0 Å². The van der Waals surface area contributed by atoms with Crippen molar-refractivity contribution in [2.45, 2.75) is 18.7 Å². The van der Waals surface area contributed by atoms with Crippen LogP contribution in [0.15, 0.2) is 45.5 Å². The molecule has 1 nitrogen and oxygen atoms in total. The number of halogens is 3. The molecule has 0 aliphatic heterocycles. The summed E-state index contributed by atoms with van der Waals surface area (Å²) in [7, 11) is 0. The Morgan fingerprint density at radius 1 is 1.28 bits per heavy atom. The number of hydrogen-bond donors (Lipinski definition) is 0. The van der Waals surface area contributed by atoms with E-state index in [-0.39, 0.29) is 5.38 Å². The van der Waals surface area contributed by atoms with Crippen LogP contribution in [0.2, 0.25) is 0 Å². The molecule has 0 saturated carbocycles. The van der Waals surface area contributed by atoms with Crippen molar-refractivity contribution in [1.29, 1.82) is 0 Å². The van der Waals surface area contributed by atoms with E-state index in [4.69, 9.17) is 11.6 Å². The lowest BCUT2D eigenvalue weighted by molar-refractivity contribution is 0.866. The van der Waals surface area contributed by atoms with Gasteiger partial charge in [0.05, 0.1) is 5.38 Å². The zero-order valence-electron chi connectivity index (χ0n) is 9.83. The molecule has 1 atom stereocenters. The third kappa shape index (κ3) is 3.34. The molecule has 1 unspecified atom stereocenters. The molecule has 18 heavy (non-hydrogen) atoms. The quantitative estimate of drug-likeness (QED) is 0.637. The van der Waals surface area contributed by atoms with Gasteiger partial charge in [-0.05, 0) is 36.2 Å². The maximum Gasteiger partial charge on any atom is 0.0651 e. The zero-order chi connectivity index (χ0) is 13.1. The number of hydrogen-bond acceptors (Lipinski definition) is 1. The van der Waals surface area contributed by atoms with Crippen molar-refractivity contribution in [3.63, 3.8) is 0 Å². The largest absolute Gasteiger partial charge is 0.261 e. The third-order valence-corrected chi connectivity index (χ3v) is 4.36. The number of alkyl halides is 1. The minimum absolute atomic E-state index is 0.0823. The van der Waals surface area contributed by atoms with E-state index in [9.17, 15) is 0 Å². The summed E-state index contributed by atoms with van der Waals surface area (Å²) in [6, 6.07) is 10.0. The maximum absolute atomic E-state index is 6.49. The van der Waals surface area contributed by atoms with Gasteiger partial charge in [-0.25, -0.2) is 0 Å². The summed E-state index contributed by atoms with van der Waals surface area (Å²) in [4.78, 5) is 4.38. The second-order valence-electron chi connectivity index (χ2n) is 4.10. The summed E-state index contributed by atoms with van der Waals surface area (Å²) >= 11 is 13.5. The Balaban J connectivity index is 2.22. The minimum Gasteiger partial charge on any atom is -0.261 e. The van der Waals surface area contributed by atoms with Crippen molar-refractivity contribution in [1.82, 2.24) is 4.98 Å². The smallest absolute Gasteiger partial charge is 0.0651 e. The van der Waals surface area contributed by atoms with Gasteiger partial charge in [-0.1, -0.05) is 44.0 Å². The Hall–Kier alpha value is -0.380. The number of aryl methyl sites for hydroxylation is 1. The molecule has 0 bridgehead atoms. The average Bonchev–Trinajstić information content (AvgIpc) is 2.32. The van der Waals surface area contributed by atoms with Gasteiger partial charge in [0.25, 0.3) is 0 Å². The Morgan fingerprint density at radius 2 is 2.06 bits per heavy atom. The predicted octanol–water partition coefficient (Wildman–Crippen LogP) is 5.44. The Kier molecular flexibility index (Phi) is 4.82. The van der Waals surface area contributed by atoms with Crippen LogP contribution >= 0.6 is 43.5 Å². The number of benzene rings is 1. The van der Waals surface area contributed by atoms with Crippen LogP contribution in [0.3, 0.4) is 0 Å². The summed E-state index contributed by atoms with van der Waals surface area (Å²) < 4.78 is 2.06. The molecular weight excluding hydrogens is 377 g/mol. The van der Waals surface area contributed by atoms with Crippen LogP contribution in [-0.4, -0.2) is 4.98 Å². The Bertz CT molecular complexity index is 557. The SMILES string of the molecule is Cc1cccnc1CC(Cl)c1ccc(Br)cc1Br. The molecule has 1 aromatic carbocycles. The van der Waals surface area contributed by atoms with E-state index in [1.165, 1.54) is 5.56 Å². The maximum atomic E-state index is 6.49. The molecule has 4 heteroatoms. The molecule has 0 N–H and O–H groups in total. The molecule has 0 radical (unpaired) electrons. The second kappa shape index (κ2) is 6.18. The van der Waals surface area contributed by atoms with Crippen molar-refractivity contribution >= 4 is 43.5 Å². The molecule has 1 heterocycles. The van der Waals surface area contributed by atoms with Gasteiger partial charge in [-0.2, -0.15) is 0 Å². The molecule has 0 aliphatic carbocycles. The lowest BCUT2D eigenvalue weighted by atomic mass is 10.0. The van der Waals surface area contributed by atoms with Crippen LogP contribution < -0.4 is 0 Å². The van der Waals surface area contributed by atoms with Crippen LogP contribution in [0.25, 0.3) is 0 Å². The van der Waals surface area contributed by atoms with E-state index in [0.29, 0.717) is 0 Å². The van der Waals surface area contributed by atoms with Crippen LogP contribution in [0.1, 0.15) is 22.2 Å². The highest BCUT2D eigenvalue weighted by atomic mass is 79.9. The van der Waals surface area contributed by atoms with E-state index >= 15 is 0 Å². The normalized spacial score (nSPS) is 12.4. The van der Waals surface area contributed by atoms with E-state index in [0.717, 1.165) is 26.6 Å². The lowest BCUT2D eigenvalue weighted by Crippen LogP contribution is -2.01. The van der Waals surface area contributed by atoms with Gasteiger partial charge in [0.15, 0.2) is 0 Å². The van der Waals surface area contributed by atoms with Crippen LogP contribution in [0, 0.1) is 6.92 Å². The van der Waals surface area contributed by atoms with Gasteiger partial charge in [0.2, 0.25) is 0 Å². The van der Waals surface area contributed by atoms with Gasteiger partial charge >= 0.3 is 0 Å². The second-order valence-corrected chi connectivity index (χ2v) is 6.40. The van der Waals surface area contributed by atoms with E-state index in [2.05, 4.69) is 49.8 Å². The standard InChI is InChI=1S/C14H12Br2ClN/c1-9-3-2-6-18-14(9)8-13(17)11-5-4-10(15)7-12(11)16/h2-7,13H,8H2,1H3. The molecule has 2 rings (SSSR count). The Morgan fingerprint density at radius 3 is 2.72 bits per heavy atom. The molecule has 0 spiro atoms. The van der Waals surface area contributed by atoms with E-state index in [1.807, 2.05) is 30.5 Å². The first-order valence-corrected chi connectivity index (χ1v) is 7.59. The van der Waals surface area contributed by atoms with Crippen molar-refractivity contribution in [3.05, 3.63) is 62.3 Å². The minimum atomic E-state index is -0.0823. The summed E-state index contributed by atoms with van der Waals surface area (Å²) in [6.45, 7) is 2.06. The molecule has 94 valence electrons. The van der Waals surface area contributed by atoms with Crippen LogP contribution in [-0.2, 0) is 6.42 Å². The molecular formula is C14H12Br2ClN. The lowest BCUT2D eigenvalue weighted by Gasteiger charge is -2.13. The fourth-order valence-corrected chi connectivity index (χ4v) is 3.56. The molecule has 0 fully saturated rings. The van der Waals surface area contributed by atoms with Gasteiger partial charge in [0.1, 0.15) is 0 Å². The molecule has 2 aromatic rings. The van der Waals surface area contributed by atoms with Crippen LogP contribution in [0.4, 0.5) is 0 Å². The molecule has 0 aliphatic rings. The highest BCUT2D eigenvalue weighted by Crippen LogP contribution is 2.32. The van der Waals surface area contributed by atoms with Gasteiger partial charge in [-0.15, -0.1) is 11.6 Å². The molecule has 1 aromatic heterocycles. The molecule has 0 amide bonds.